The summed E-state index contributed by atoms with van der Waals surface area (Å²) >= 11 is 0. The number of rotatable bonds is 6. The predicted octanol–water partition coefficient (Wildman–Crippen LogP) is 2.90. The quantitative estimate of drug-likeness (QED) is 0.504. The van der Waals surface area contributed by atoms with Crippen LogP contribution in [0.15, 0.2) is 24.4 Å². The Bertz CT molecular complexity index is 649. The highest BCUT2D eigenvalue weighted by atomic mass is 16.6. The molecular weight excluding hydrogens is 268 g/mol. The minimum absolute atomic E-state index is 0.0780. The summed E-state index contributed by atoms with van der Waals surface area (Å²) in [7, 11) is 0. The highest BCUT2D eigenvalue weighted by Gasteiger charge is 2.17. The molecule has 0 bridgehead atoms. The van der Waals surface area contributed by atoms with E-state index in [-0.39, 0.29) is 10.6 Å². The van der Waals surface area contributed by atoms with Gasteiger partial charge >= 0.3 is 0 Å². The van der Waals surface area contributed by atoms with Crippen LogP contribution in [0.3, 0.4) is 0 Å². The van der Waals surface area contributed by atoms with Crippen LogP contribution in [0.2, 0.25) is 0 Å². The molecule has 2 rings (SSSR count). The fourth-order valence-corrected chi connectivity index (χ4v) is 2.10. The van der Waals surface area contributed by atoms with Crippen molar-refractivity contribution in [2.24, 2.45) is 0 Å². The first-order chi connectivity index (χ1) is 10.0. The van der Waals surface area contributed by atoms with Crippen molar-refractivity contribution in [3.63, 3.8) is 0 Å². The molecule has 0 unspecified atom stereocenters. The third kappa shape index (κ3) is 3.46. The van der Waals surface area contributed by atoms with Crippen LogP contribution in [-0.2, 0) is 6.54 Å². The molecule has 0 atom stereocenters. The minimum Gasteiger partial charge on any atom is -0.311 e. The number of nitro benzene ring substituents is 1. The van der Waals surface area contributed by atoms with Crippen LogP contribution in [-0.4, -0.2) is 21.2 Å². The van der Waals surface area contributed by atoms with E-state index < -0.39 is 0 Å². The standard InChI is InChI=1S/C15H20N4O2/c1-4-6-16-10-13-5-7-18(17-13)14-8-11(2)12(3)9-15(14)19(20)21/h5,7-9,16H,4,6,10H2,1-3H3. The van der Waals surface area contributed by atoms with Gasteiger partial charge in [0.05, 0.1) is 10.6 Å². The molecule has 21 heavy (non-hydrogen) atoms. The smallest absolute Gasteiger partial charge is 0.295 e. The van der Waals surface area contributed by atoms with E-state index in [9.17, 15) is 10.1 Å². The van der Waals surface area contributed by atoms with Gasteiger partial charge < -0.3 is 5.32 Å². The van der Waals surface area contributed by atoms with E-state index in [2.05, 4.69) is 17.3 Å². The van der Waals surface area contributed by atoms with E-state index in [1.807, 2.05) is 26.0 Å². The predicted molar refractivity (Wildman–Crippen MR) is 81.7 cm³/mol. The Hall–Kier alpha value is -2.21. The van der Waals surface area contributed by atoms with Crippen molar-refractivity contribution < 1.29 is 4.92 Å². The number of aryl methyl sites for hydroxylation is 2. The second kappa shape index (κ2) is 6.49. The molecule has 0 aliphatic carbocycles. The lowest BCUT2D eigenvalue weighted by molar-refractivity contribution is -0.384. The molecule has 1 aromatic carbocycles. The fraction of sp³-hybridized carbons (Fsp3) is 0.400. The lowest BCUT2D eigenvalue weighted by Crippen LogP contribution is -2.14. The zero-order valence-electron chi connectivity index (χ0n) is 12.6. The molecule has 1 heterocycles. The molecule has 0 saturated heterocycles. The van der Waals surface area contributed by atoms with Crippen molar-refractivity contribution in [1.82, 2.24) is 15.1 Å². The van der Waals surface area contributed by atoms with E-state index >= 15 is 0 Å². The summed E-state index contributed by atoms with van der Waals surface area (Å²) in [6, 6.07) is 5.28. The molecule has 6 heteroatoms. The average Bonchev–Trinajstić information content (AvgIpc) is 2.90. The van der Waals surface area contributed by atoms with Crippen molar-refractivity contribution in [3.8, 4) is 5.69 Å². The summed E-state index contributed by atoms with van der Waals surface area (Å²) in [5.74, 6) is 0. The first kappa shape index (κ1) is 15.2. The number of hydrogen-bond acceptors (Lipinski definition) is 4. The Morgan fingerprint density at radius 2 is 2.05 bits per heavy atom. The molecule has 1 aromatic heterocycles. The van der Waals surface area contributed by atoms with E-state index in [0.29, 0.717) is 12.2 Å². The molecule has 0 saturated carbocycles. The van der Waals surface area contributed by atoms with Crippen molar-refractivity contribution in [1.29, 1.82) is 0 Å². The third-order valence-corrected chi connectivity index (χ3v) is 3.41. The van der Waals surface area contributed by atoms with E-state index in [1.54, 1.807) is 16.9 Å². The minimum atomic E-state index is -0.363. The third-order valence-electron chi connectivity index (χ3n) is 3.41. The lowest BCUT2D eigenvalue weighted by Gasteiger charge is -2.07. The van der Waals surface area contributed by atoms with Crippen LogP contribution in [0.25, 0.3) is 5.69 Å². The zero-order chi connectivity index (χ0) is 15.4. The molecule has 112 valence electrons. The average molecular weight is 288 g/mol. The molecule has 0 aliphatic heterocycles. The monoisotopic (exact) mass is 288 g/mol. The van der Waals surface area contributed by atoms with Gasteiger partial charge in [0, 0.05) is 18.8 Å². The second-order valence-corrected chi connectivity index (χ2v) is 5.11. The molecule has 0 fully saturated rings. The van der Waals surface area contributed by atoms with Crippen LogP contribution >= 0.6 is 0 Å². The summed E-state index contributed by atoms with van der Waals surface area (Å²) in [6.07, 6.45) is 2.82. The molecule has 6 nitrogen and oxygen atoms in total. The van der Waals surface area contributed by atoms with Crippen LogP contribution in [0.1, 0.15) is 30.2 Å². The Balaban J connectivity index is 2.33. The molecule has 0 spiro atoms. The molecule has 1 N–H and O–H groups in total. The van der Waals surface area contributed by atoms with Gasteiger partial charge in [-0.3, -0.25) is 10.1 Å². The maximum atomic E-state index is 11.2. The van der Waals surface area contributed by atoms with Gasteiger partial charge in [-0.1, -0.05) is 6.92 Å². The van der Waals surface area contributed by atoms with Crippen molar-refractivity contribution >= 4 is 5.69 Å². The molecule has 0 amide bonds. The summed E-state index contributed by atoms with van der Waals surface area (Å²) in [5, 5.41) is 18.9. The molecular formula is C15H20N4O2. The topological polar surface area (TPSA) is 73.0 Å². The van der Waals surface area contributed by atoms with Crippen LogP contribution in [0.5, 0.6) is 0 Å². The van der Waals surface area contributed by atoms with E-state index in [1.165, 1.54) is 0 Å². The second-order valence-electron chi connectivity index (χ2n) is 5.11. The summed E-state index contributed by atoms with van der Waals surface area (Å²) in [6.45, 7) is 7.51. The number of nitro groups is 1. The summed E-state index contributed by atoms with van der Waals surface area (Å²) in [4.78, 5) is 10.9. The van der Waals surface area contributed by atoms with Gasteiger partial charge in [-0.25, -0.2) is 4.68 Å². The fourth-order valence-electron chi connectivity index (χ4n) is 2.10. The number of nitrogens with zero attached hydrogens (tertiary/aromatic N) is 3. The van der Waals surface area contributed by atoms with Crippen molar-refractivity contribution in [2.75, 3.05) is 6.54 Å². The van der Waals surface area contributed by atoms with Gasteiger partial charge in [0.25, 0.3) is 5.69 Å². The first-order valence-corrected chi connectivity index (χ1v) is 7.04. The van der Waals surface area contributed by atoms with Crippen LogP contribution < -0.4 is 5.32 Å². The lowest BCUT2D eigenvalue weighted by atomic mass is 10.1. The van der Waals surface area contributed by atoms with Gasteiger partial charge in [0.1, 0.15) is 5.69 Å². The van der Waals surface area contributed by atoms with Gasteiger partial charge in [-0.15, -0.1) is 0 Å². The SMILES string of the molecule is CCCNCc1ccn(-c2cc(C)c(C)cc2[N+](=O)[O-])n1. The maximum absolute atomic E-state index is 11.2. The number of benzene rings is 1. The first-order valence-electron chi connectivity index (χ1n) is 7.04. The largest absolute Gasteiger partial charge is 0.311 e. The van der Waals surface area contributed by atoms with Gasteiger partial charge in [0.2, 0.25) is 0 Å². The molecule has 2 aromatic rings. The Morgan fingerprint density at radius 1 is 1.33 bits per heavy atom. The molecule has 0 radical (unpaired) electrons. The zero-order valence-corrected chi connectivity index (χ0v) is 12.6. The van der Waals surface area contributed by atoms with Gasteiger partial charge in [-0.2, -0.15) is 5.10 Å². The maximum Gasteiger partial charge on any atom is 0.295 e. The number of hydrogen-bond donors (Lipinski definition) is 1. The Labute approximate surface area is 123 Å². The van der Waals surface area contributed by atoms with Gasteiger partial charge in [0.15, 0.2) is 0 Å². The Morgan fingerprint density at radius 3 is 2.71 bits per heavy atom. The highest BCUT2D eigenvalue weighted by Crippen LogP contribution is 2.26. The number of aromatic nitrogens is 2. The highest BCUT2D eigenvalue weighted by molar-refractivity contribution is 5.56. The van der Waals surface area contributed by atoms with E-state index in [4.69, 9.17) is 0 Å². The number of nitrogens with one attached hydrogen (secondary N) is 1. The Kier molecular flexibility index (Phi) is 4.70. The van der Waals surface area contributed by atoms with Crippen LogP contribution in [0, 0.1) is 24.0 Å². The van der Waals surface area contributed by atoms with Crippen LogP contribution in [0.4, 0.5) is 5.69 Å². The van der Waals surface area contributed by atoms with Crippen molar-refractivity contribution in [2.45, 2.75) is 33.7 Å². The van der Waals surface area contributed by atoms with E-state index in [0.717, 1.165) is 29.8 Å². The molecule has 0 aliphatic rings. The summed E-state index contributed by atoms with van der Waals surface area (Å²) in [5.41, 5.74) is 3.37. The van der Waals surface area contributed by atoms with Gasteiger partial charge in [-0.05, 0) is 50.1 Å². The normalized spacial score (nSPS) is 10.8. The van der Waals surface area contributed by atoms with Crippen molar-refractivity contribution in [3.05, 3.63) is 51.3 Å². The summed E-state index contributed by atoms with van der Waals surface area (Å²) < 4.78 is 1.58.